The minimum atomic E-state index is -0.104. The largest absolute Gasteiger partial charge is 0.497 e. The lowest BCUT2D eigenvalue weighted by Crippen LogP contribution is -2.18. The van der Waals surface area contributed by atoms with E-state index in [1.54, 1.807) is 7.11 Å². The summed E-state index contributed by atoms with van der Waals surface area (Å²) in [7, 11) is 3.56. The Morgan fingerprint density at radius 2 is 1.86 bits per heavy atom. The molecule has 1 N–H and O–H groups in total. The van der Waals surface area contributed by atoms with Crippen LogP contribution >= 0.6 is 0 Å². The molecule has 4 nitrogen and oxygen atoms in total. The van der Waals surface area contributed by atoms with Crippen molar-refractivity contribution in [1.82, 2.24) is 9.97 Å². The lowest BCUT2D eigenvalue weighted by Gasteiger charge is -2.20. The van der Waals surface area contributed by atoms with E-state index in [9.17, 15) is 0 Å². The van der Waals surface area contributed by atoms with Gasteiger partial charge in [0.05, 0.1) is 12.8 Å². The summed E-state index contributed by atoms with van der Waals surface area (Å²) in [6.45, 7) is 8.39. The van der Waals surface area contributed by atoms with Crippen molar-refractivity contribution in [3.63, 3.8) is 0 Å². The maximum absolute atomic E-state index is 5.31. The first-order chi connectivity index (χ1) is 9.86. The molecule has 21 heavy (non-hydrogen) atoms. The number of nitrogens with one attached hydrogen (secondary N) is 1. The molecule has 0 aliphatic carbocycles. The SMILES string of the molecule is CNc1nc(C(C)(C)C)nc(-c2cccc(OC)c2)c1C. The Labute approximate surface area is 126 Å². The van der Waals surface area contributed by atoms with E-state index in [2.05, 4.69) is 31.1 Å². The molecule has 2 aromatic rings. The summed E-state index contributed by atoms with van der Waals surface area (Å²) < 4.78 is 5.31. The molecule has 1 heterocycles. The lowest BCUT2D eigenvalue weighted by atomic mass is 9.94. The number of rotatable bonds is 3. The van der Waals surface area contributed by atoms with Crippen LogP contribution in [0.3, 0.4) is 0 Å². The number of benzene rings is 1. The van der Waals surface area contributed by atoms with Gasteiger partial charge in [0, 0.05) is 23.6 Å². The van der Waals surface area contributed by atoms with Crippen LogP contribution in [0.4, 0.5) is 5.82 Å². The predicted molar refractivity (Wildman–Crippen MR) is 87.0 cm³/mol. The molecule has 4 heteroatoms. The highest BCUT2D eigenvalue weighted by atomic mass is 16.5. The van der Waals surface area contributed by atoms with Crippen LogP contribution in [-0.2, 0) is 5.41 Å². The monoisotopic (exact) mass is 285 g/mol. The van der Waals surface area contributed by atoms with Crippen LogP contribution in [0.2, 0.25) is 0 Å². The highest BCUT2D eigenvalue weighted by Crippen LogP contribution is 2.31. The third kappa shape index (κ3) is 3.15. The zero-order chi connectivity index (χ0) is 15.6. The smallest absolute Gasteiger partial charge is 0.136 e. The van der Waals surface area contributed by atoms with E-state index in [4.69, 9.17) is 9.72 Å². The first-order valence-electron chi connectivity index (χ1n) is 7.08. The van der Waals surface area contributed by atoms with Crippen LogP contribution < -0.4 is 10.1 Å². The number of nitrogens with zero attached hydrogens (tertiary/aromatic N) is 2. The second-order valence-corrected chi connectivity index (χ2v) is 6.10. The number of aromatic nitrogens is 2. The van der Waals surface area contributed by atoms with Crippen molar-refractivity contribution in [1.29, 1.82) is 0 Å². The highest BCUT2D eigenvalue weighted by molar-refractivity contribution is 5.69. The van der Waals surface area contributed by atoms with E-state index in [0.717, 1.165) is 34.2 Å². The van der Waals surface area contributed by atoms with Gasteiger partial charge in [0.1, 0.15) is 17.4 Å². The number of hydrogen-bond acceptors (Lipinski definition) is 4. The topological polar surface area (TPSA) is 47.0 Å². The van der Waals surface area contributed by atoms with Crippen molar-refractivity contribution >= 4 is 5.82 Å². The van der Waals surface area contributed by atoms with Gasteiger partial charge in [-0.3, -0.25) is 0 Å². The van der Waals surface area contributed by atoms with Gasteiger partial charge < -0.3 is 10.1 Å². The Balaban J connectivity index is 2.66. The van der Waals surface area contributed by atoms with Crippen molar-refractivity contribution in [2.75, 3.05) is 19.5 Å². The van der Waals surface area contributed by atoms with Crippen LogP contribution in [-0.4, -0.2) is 24.1 Å². The second-order valence-electron chi connectivity index (χ2n) is 6.10. The van der Waals surface area contributed by atoms with Crippen LogP contribution in [0.1, 0.15) is 32.2 Å². The molecule has 0 unspecified atom stereocenters. The van der Waals surface area contributed by atoms with Gasteiger partial charge in [0.15, 0.2) is 0 Å². The molecule has 0 spiro atoms. The average molecular weight is 285 g/mol. The van der Waals surface area contributed by atoms with E-state index in [1.165, 1.54) is 0 Å². The van der Waals surface area contributed by atoms with Crippen molar-refractivity contribution in [3.8, 4) is 17.0 Å². The summed E-state index contributed by atoms with van der Waals surface area (Å²) in [5.41, 5.74) is 2.92. The van der Waals surface area contributed by atoms with Crippen molar-refractivity contribution < 1.29 is 4.74 Å². The first kappa shape index (κ1) is 15.3. The van der Waals surface area contributed by atoms with Crippen LogP contribution in [0, 0.1) is 6.92 Å². The summed E-state index contributed by atoms with van der Waals surface area (Å²) in [6, 6.07) is 7.96. The van der Waals surface area contributed by atoms with Crippen LogP contribution in [0.15, 0.2) is 24.3 Å². The lowest BCUT2D eigenvalue weighted by molar-refractivity contribution is 0.415. The fourth-order valence-corrected chi connectivity index (χ4v) is 2.15. The maximum atomic E-state index is 5.31. The van der Waals surface area contributed by atoms with E-state index in [0.29, 0.717) is 0 Å². The van der Waals surface area contributed by atoms with Gasteiger partial charge in [-0.25, -0.2) is 9.97 Å². The van der Waals surface area contributed by atoms with Gasteiger partial charge in [0.2, 0.25) is 0 Å². The molecule has 0 saturated heterocycles. The normalized spacial score (nSPS) is 11.3. The molecule has 0 aliphatic heterocycles. The molecule has 0 radical (unpaired) electrons. The van der Waals surface area contributed by atoms with Gasteiger partial charge in [-0.15, -0.1) is 0 Å². The Hall–Kier alpha value is -2.10. The molecule has 1 aromatic heterocycles. The molecule has 0 aliphatic rings. The van der Waals surface area contributed by atoms with E-state index in [1.807, 2.05) is 38.2 Å². The number of ether oxygens (including phenoxy) is 1. The van der Waals surface area contributed by atoms with Gasteiger partial charge in [-0.05, 0) is 19.1 Å². The van der Waals surface area contributed by atoms with Gasteiger partial charge >= 0.3 is 0 Å². The summed E-state index contributed by atoms with van der Waals surface area (Å²) in [4.78, 5) is 9.43. The fraction of sp³-hybridized carbons (Fsp3) is 0.412. The average Bonchev–Trinajstić information content (AvgIpc) is 2.46. The van der Waals surface area contributed by atoms with Crippen LogP contribution in [0.25, 0.3) is 11.3 Å². The van der Waals surface area contributed by atoms with E-state index < -0.39 is 0 Å². The quantitative estimate of drug-likeness (QED) is 0.931. The molecule has 0 atom stereocenters. The Kier molecular flexibility index (Phi) is 4.16. The first-order valence-corrected chi connectivity index (χ1v) is 7.08. The Morgan fingerprint density at radius 1 is 1.14 bits per heavy atom. The zero-order valence-electron chi connectivity index (χ0n) is 13.6. The van der Waals surface area contributed by atoms with Crippen molar-refractivity contribution in [3.05, 3.63) is 35.7 Å². The molecular weight excluding hydrogens is 262 g/mol. The third-order valence-electron chi connectivity index (χ3n) is 3.40. The standard InChI is InChI=1S/C17H23N3O/c1-11-14(12-8-7-9-13(10-12)21-6)19-16(17(2,3)4)20-15(11)18-5/h7-10H,1-6H3,(H,18,19,20). The summed E-state index contributed by atoms with van der Waals surface area (Å²) in [5.74, 6) is 2.52. The summed E-state index contributed by atoms with van der Waals surface area (Å²) >= 11 is 0. The maximum Gasteiger partial charge on any atom is 0.136 e. The minimum Gasteiger partial charge on any atom is -0.497 e. The van der Waals surface area contributed by atoms with Crippen molar-refractivity contribution in [2.45, 2.75) is 33.1 Å². The predicted octanol–water partition coefficient (Wildman–Crippen LogP) is 3.80. The molecule has 1 aromatic carbocycles. The summed E-state index contributed by atoms with van der Waals surface area (Å²) in [6.07, 6.45) is 0. The highest BCUT2D eigenvalue weighted by Gasteiger charge is 2.21. The van der Waals surface area contributed by atoms with Crippen molar-refractivity contribution in [2.24, 2.45) is 0 Å². The molecule has 112 valence electrons. The van der Waals surface area contributed by atoms with Gasteiger partial charge in [-0.2, -0.15) is 0 Å². The number of methoxy groups -OCH3 is 1. The molecule has 0 saturated carbocycles. The number of hydrogen-bond donors (Lipinski definition) is 1. The fourth-order valence-electron chi connectivity index (χ4n) is 2.15. The molecule has 2 rings (SSSR count). The van der Waals surface area contributed by atoms with E-state index in [-0.39, 0.29) is 5.41 Å². The third-order valence-corrected chi connectivity index (χ3v) is 3.40. The molecular formula is C17H23N3O. The number of anilines is 1. The van der Waals surface area contributed by atoms with Crippen LogP contribution in [0.5, 0.6) is 5.75 Å². The van der Waals surface area contributed by atoms with Gasteiger partial charge in [0.25, 0.3) is 0 Å². The second kappa shape index (κ2) is 5.72. The Morgan fingerprint density at radius 3 is 2.43 bits per heavy atom. The van der Waals surface area contributed by atoms with E-state index >= 15 is 0 Å². The molecule has 0 amide bonds. The zero-order valence-corrected chi connectivity index (χ0v) is 13.6. The summed E-state index contributed by atoms with van der Waals surface area (Å²) in [5, 5.41) is 3.16. The minimum absolute atomic E-state index is 0.104. The van der Waals surface area contributed by atoms with Gasteiger partial charge in [-0.1, -0.05) is 32.9 Å². The molecule has 0 bridgehead atoms. The molecule has 0 fully saturated rings. The Bertz CT molecular complexity index is 645.